The number of aromatic nitrogens is 2. The molecular weight excluding hydrogens is 392 g/mol. The molecule has 29 heavy (non-hydrogen) atoms. The molecule has 0 saturated carbocycles. The summed E-state index contributed by atoms with van der Waals surface area (Å²) in [4.78, 5) is 24.2. The van der Waals surface area contributed by atoms with E-state index in [1.54, 1.807) is 28.9 Å². The number of sulfone groups is 1. The van der Waals surface area contributed by atoms with Gasteiger partial charge in [-0.05, 0) is 50.3 Å². The first-order chi connectivity index (χ1) is 13.8. The molecule has 2 amide bonds. The third-order valence-corrected chi connectivity index (χ3v) is 7.17. The number of rotatable bonds is 4. The minimum atomic E-state index is -3.04. The van der Waals surface area contributed by atoms with Gasteiger partial charge in [-0.25, -0.2) is 8.42 Å². The van der Waals surface area contributed by atoms with E-state index in [1.807, 2.05) is 0 Å². The number of anilines is 2. The standard InChI is InChI=1S/C20H24N4O4S/c1-13(25)21-14-5-4-6-15(11-14)22-20(26)19-17-7-2-3-8-18(17)24(23-19)16-9-10-29(27,28)12-16/h4-6,11,16H,2-3,7-10,12H2,1H3,(H,21,25)(H,22,26)/t16-/m0/s1. The first-order valence-electron chi connectivity index (χ1n) is 9.82. The van der Waals surface area contributed by atoms with Gasteiger partial charge in [0.2, 0.25) is 5.91 Å². The van der Waals surface area contributed by atoms with Crippen LogP contribution in [0, 0.1) is 0 Å². The van der Waals surface area contributed by atoms with Crippen LogP contribution in [0.4, 0.5) is 11.4 Å². The van der Waals surface area contributed by atoms with Gasteiger partial charge in [-0.3, -0.25) is 14.3 Å². The van der Waals surface area contributed by atoms with Crippen LogP contribution in [0.25, 0.3) is 0 Å². The maximum absolute atomic E-state index is 13.0. The van der Waals surface area contributed by atoms with Gasteiger partial charge in [0.1, 0.15) is 0 Å². The largest absolute Gasteiger partial charge is 0.326 e. The first kappa shape index (κ1) is 19.6. The summed E-state index contributed by atoms with van der Waals surface area (Å²) in [5.74, 6) is -0.249. The SMILES string of the molecule is CC(=O)Nc1cccc(NC(=O)c2nn([C@H]3CCS(=O)(=O)C3)c3c2CCCC3)c1. The molecule has 8 nitrogen and oxygen atoms in total. The van der Waals surface area contributed by atoms with Crippen LogP contribution in [0.5, 0.6) is 0 Å². The van der Waals surface area contributed by atoms with Crippen molar-refractivity contribution in [1.82, 2.24) is 9.78 Å². The lowest BCUT2D eigenvalue weighted by Crippen LogP contribution is -2.17. The highest BCUT2D eigenvalue weighted by molar-refractivity contribution is 7.91. The Bertz CT molecular complexity index is 1070. The monoisotopic (exact) mass is 416 g/mol. The van der Waals surface area contributed by atoms with E-state index < -0.39 is 9.84 Å². The van der Waals surface area contributed by atoms with Crippen LogP contribution in [0.15, 0.2) is 24.3 Å². The van der Waals surface area contributed by atoms with Gasteiger partial charge < -0.3 is 10.6 Å². The fraction of sp³-hybridized carbons (Fsp3) is 0.450. The van der Waals surface area contributed by atoms with Crippen molar-refractivity contribution < 1.29 is 18.0 Å². The predicted molar refractivity (Wildman–Crippen MR) is 110 cm³/mol. The molecule has 1 fully saturated rings. The Morgan fingerprint density at radius 3 is 2.55 bits per heavy atom. The number of carbonyl (C=O) groups excluding carboxylic acids is 2. The second-order valence-electron chi connectivity index (χ2n) is 7.70. The number of carbonyl (C=O) groups is 2. The van der Waals surface area contributed by atoms with Crippen molar-refractivity contribution in [2.24, 2.45) is 0 Å². The van der Waals surface area contributed by atoms with Crippen LogP contribution in [-0.2, 0) is 27.5 Å². The molecule has 1 aliphatic carbocycles. The highest BCUT2D eigenvalue weighted by Crippen LogP contribution is 2.31. The third kappa shape index (κ3) is 4.19. The molecule has 1 atom stereocenters. The Kier molecular flexibility index (Phi) is 5.16. The molecule has 1 aromatic carbocycles. The lowest BCUT2D eigenvalue weighted by Gasteiger charge is -2.17. The van der Waals surface area contributed by atoms with E-state index in [0.717, 1.165) is 36.9 Å². The normalized spacial score (nSPS) is 20.1. The van der Waals surface area contributed by atoms with E-state index in [2.05, 4.69) is 15.7 Å². The van der Waals surface area contributed by atoms with Crippen LogP contribution in [0.3, 0.4) is 0 Å². The first-order valence-corrected chi connectivity index (χ1v) is 11.6. The Labute approximate surface area is 169 Å². The van der Waals surface area contributed by atoms with Crippen molar-refractivity contribution in [3.63, 3.8) is 0 Å². The molecule has 9 heteroatoms. The van der Waals surface area contributed by atoms with Crippen LogP contribution >= 0.6 is 0 Å². The zero-order valence-corrected chi connectivity index (χ0v) is 17.1. The molecule has 0 radical (unpaired) electrons. The van der Waals surface area contributed by atoms with Crippen LogP contribution in [-0.4, -0.2) is 41.5 Å². The minimum Gasteiger partial charge on any atom is -0.326 e. The average molecular weight is 417 g/mol. The molecule has 0 unspecified atom stereocenters. The summed E-state index contributed by atoms with van der Waals surface area (Å²) in [6.07, 6.45) is 4.11. The van der Waals surface area contributed by atoms with Crippen molar-refractivity contribution in [3.8, 4) is 0 Å². The zero-order chi connectivity index (χ0) is 20.6. The molecule has 1 saturated heterocycles. The number of nitrogens with zero attached hydrogens (tertiary/aromatic N) is 2. The fourth-order valence-electron chi connectivity index (χ4n) is 4.15. The molecule has 2 N–H and O–H groups in total. The van der Waals surface area contributed by atoms with Crippen molar-refractivity contribution >= 4 is 33.0 Å². The van der Waals surface area contributed by atoms with Crippen LogP contribution in [0.2, 0.25) is 0 Å². The molecule has 1 aromatic heterocycles. The Hall–Kier alpha value is -2.68. The van der Waals surface area contributed by atoms with Crippen molar-refractivity contribution in [2.45, 2.75) is 45.1 Å². The summed E-state index contributed by atoms with van der Waals surface area (Å²) in [6.45, 7) is 1.42. The Balaban J connectivity index is 1.61. The summed E-state index contributed by atoms with van der Waals surface area (Å²) in [5, 5.41) is 10.1. The van der Waals surface area contributed by atoms with Gasteiger partial charge in [-0.15, -0.1) is 0 Å². The fourth-order valence-corrected chi connectivity index (χ4v) is 5.84. The molecule has 2 heterocycles. The minimum absolute atomic E-state index is 0.0843. The zero-order valence-electron chi connectivity index (χ0n) is 16.3. The van der Waals surface area contributed by atoms with E-state index >= 15 is 0 Å². The highest BCUT2D eigenvalue weighted by atomic mass is 32.2. The Morgan fingerprint density at radius 1 is 1.14 bits per heavy atom. The number of amides is 2. The van der Waals surface area contributed by atoms with Gasteiger partial charge >= 0.3 is 0 Å². The molecule has 1 aliphatic heterocycles. The molecule has 0 bridgehead atoms. The lowest BCUT2D eigenvalue weighted by molar-refractivity contribution is -0.114. The second-order valence-corrected chi connectivity index (χ2v) is 9.93. The smallest absolute Gasteiger partial charge is 0.276 e. The van der Waals surface area contributed by atoms with Crippen LogP contribution in [0.1, 0.15) is 54.0 Å². The average Bonchev–Trinajstić information content (AvgIpc) is 3.21. The predicted octanol–water partition coefficient (Wildman–Crippen LogP) is 2.33. The Morgan fingerprint density at radius 2 is 1.86 bits per heavy atom. The third-order valence-electron chi connectivity index (χ3n) is 5.42. The number of benzene rings is 1. The van der Waals surface area contributed by atoms with E-state index in [1.165, 1.54) is 6.92 Å². The van der Waals surface area contributed by atoms with E-state index in [4.69, 9.17) is 0 Å². The number of nitrogens with one attached hydrogen (secondary N) is 2. The summed E-state index contributed by atoms with van der Waals surface area (Å²) < 4.78 is 25.6. The maximum Gasteiger partial charge on any atom is 0.276 e. The van der Waals surface area contributed by atoms with Gasteiger partial charge in [-0.2, -0.15) is 5.10 Å². The highest BCUT2D eigenvalue weighted by Gasteiger charge is 2.34. The van der Waals surface area contributed by atoms with Gasteiger partial charge in [0.25, 0.3) is 5.91 Å². The quantitative estimate of drug-likeness (QED) is 0.795. The lowest BCUT2D eigenvalue weighted by atomic mass is 9.95. The second kappa shape index (κ2) is 7.62. The van der Waals surface area contributed by atoms with E-state index in [9.17, 15) is 18.0 Å². The van der Waals surface area contributed by atoms with Gasteiger partial charge in [0.15, 0.2) is 15.5 Å². The number of hydrogen-bond donors (Lipinski definition) is 2. The number of hydrogen-bond acceptors (Lipinski definition) is 5. The molecule has 2 aliphatic rings. The van der Waals surface area contributed by atoms with E-state index in [0.29, 0.717) is 23.5 Å². The van der Waals surface area contributed by atoms with Gasteiger partial charge in [0, 0.05) is 29.6 Å². The van der Waals surface area contributed by atoms with Crippen molar-refractivity contribution in [1.29, 1.82) is 0 Å². The maximum atomic E-state index is 13.0. The summed E-state index contributed by atoms with van der Waals surface area (Å²) in [6, 6.07) is 6.73. The number of fused-ring (bicyclic) bond motifs is 1. The van der Waals surface area contributed by atoms with Crippen molar-refractivity contribution in [3.05, 3.63) is 41.2 Å². The molecular formula is C20H24N4O4S. The topological polar surface area (TPSA) is 110 Å². The molecule has 0 spiro atoms. The molecule has 4 rings (SSSR count). The summed E-state index contributed by atoms with van der Waals surface area (Å²) in [5.41, 5.74) is 3.45. The molecule has 2 aromatic rings. The van der Waals surface area contributed by atoms with E-state index in [-0.39, 0.29) is 29.4 Å². The van der Waals surface area contributed by atoms with Crippen molar-refractivity contribution in [2.75, 3.05) is 22.1 Å². The summed E-state index contributed by atoms with van der Waals surface area (Å²) in [7, 11) is -3.04. The molecule has 154 valence electrons. The van der Waals surface area contributed by atoms with Crippen LogP contribution < -0.4 is 10.6 Å². The summed E-state index contributed by atoms with van der Waals surface area (Å²) >= 11 is 0. The van der Waals surface area contributed by atoms with Gasteiger partial charge in [0.05, 0.1) is 17.5 Å². The van der Waals surface area contributed by atoms with Gasteiger partial charge in [-0.1, -0.05) is 6.07 Å².